The van der Waals surface area contributed by atoms with Crippen molar-refractivity contribution in [3.05, 3.63) is 0 Å². The average molecular weight is 314 g/mol. The van der Waals surface area contributed by atoms with Crippen LogP contribution in [0.2, 0.25) is 0 Å². The van der Waals surface area contributed by atoms with E-state index in [0.717, 1.165) is 25.7 Å². The summed E-state index contributed by atoms with van der Waals surface area (Å²) in [4.78, 5) is 36.6. The first kappa shape index (κ1) is 16.7. The van der Waals surface area contributed by atoms with Gasteiger partial charge in [0.05, 0.1) is 5.92 Å². The van der Waals surface area contributed by atoms with Gasteiger partial charge in [-0.05, 0) is 31.6 Å². The van der Waals surface area contributed by atoms with Gasteiger partial charge in [0.15, 0.2) is 6.04 Å². The molecule has 0 spiro atoms. The molecule has 124 valence electrons. The number of hydrogen-bond acceptors (Lipinski definition) is 3. The van der Waals surface area contributed by atoms with Crippen LogP contribution in [-0.4, -0.2) is 53.1 Å². The third-order valence-electron chi connectivity index (χ3n) is 4.72. The number of carbonyl (C=O) groups excluding carboxylic acids is 2. The van der Waals surface area contributed by atoms with Crippen LogP contribution in [0.15, 0.2) is 0 Å². The quantitative estimate of drug-likeness (QED) is 0.791. The highest BCUT2D eigenvalue weighted by molar-refractivity contribution is 5.91. The second-order valence-corrected chi connectivity index (χ2v) is 6.41. The molecule has 2 amide bonds. The number of carbonyl (C=O) groups is 3. The second kappa shape index (κ2) is 7.07. The fourth-order valence-corrected chi connectivity index (χ4v) is 3.27. The van der Waals surface area contributed by atoms with Crippen molar-refractivity contribution in [2.75, 3.05) is 13.2 Å². The first-order valence-electron chi connectivity index (χ1n) is 7.81. The fourth-order valence-electron chi connectivity index (χ4n) is 3.27. The maximum Gasteiger partial charge on any atom is 0.328 e. The highest BCUT2D eigenvalue weighted by Crippen LogP contribution is 2.31. The van der Waals surface area contributed by atoms with Crippen molar-refractivity contribution in [2.24, 2.45) is 11.8 Å². The number of carboxylic acid groups (broad SMARTS) is 1. The van der Waals surface area contributed by atoms with E-state index in [2.05, 4.69) is 12.2 Å². The van der Waals surface area contributed by atoms with E-state index in [9.17, 15) is 18.8 Å². The van der Waals surface area contributed by atoms with Crippen LogP contribution in [-0.2, 0) is 14.4 Å². The van der Waals surface area contributed by atoms with Gasteiger partial charge in [0.25, 0.3) is 0 Å². The Labute approximate surface area is 129 Å². The maximum absolute atomic E-state index is 12.6. The molecule has 2 unspecified atom stereocenters. The average Bonchev–Trinajstić information content (AvgIpc) is 2.87. The number of nitrogens with zero attached hydrogens (tertiary/aromatic N) is 1. The minimum Gasteiger partial charge on any atom is -0.480 e. The van der Waals surface area contributed by atoms with Gasteiger partial charge in [-0.1, -0.05) is 6.92 Å². The van der Waals surface area contributed by atoms with Crippen molar-refractivity contribution in [2.45, 2.75) is 51.1 Å². The van der Waals surface area contributed by atoms with E-state index in [1.165, 1.54) is 0 Å². The smallest absolute Gasteiger partial charge is 0.328 e. The first-order chi connectivity index (χ1) is 10.4. The Bertz CT molecular complexity index is 449. The number of hydrogen-bond donors (Lipinski definition) is 2. The normalized spacial score (nSPS) is 30.2. The molecule has 0 aromatic carbocycles. The Morgan fingerprint density at radius 2 is 2.00 bits per heavy atom. The summed E-state index contributed by atoms with van der Waals surface area (Å²) >= 11 is 0. The van der Waals surface area contributed by atoms with Gasteiger partial charge in [-0.3, -0.25) is 9.59 Å². The lowest BCUT2D eigenvalue weighted by atomic mass is 9.87. The lowest BCUT2D eigenvalue weighted by Gasteiger charge is -2.33. The number of carboxylic acids is 1. The van der Waals surface area contributed by atoms with E-state index in [-0.39, 0.29) is 18.4 Å². The van der Waals surface area contributed by atoms with E-state index >= 15 is 0 Å². The van der Waals surface area contributed by atoms with E-state index in [1.807, 2.05) is 0 Å². The Kier molecular flexibility index (Phi) is 5.37. The largest absolute Gasteiger partial charge is 0.480 e. The molecule has 1 heterocycles. The van der Waals surface area contributed by atoms with Crippen LogP contribution in [0.4, 0.5) is 4.39 Å². The Hall–Kier alpha value is -1.66. The molecule has 1 aliphatic heterocycles. The SMILES string of the molecule is CC1CCC(N2CC(C(=O)NC(CF)C(=O)O)CC2=O)CC1. The Morgan fingerprint density at radius 3 is 2.55 bits per heavy atom. The third kappa shape index (κ3) is 3.75. The van der Waals surface area contributed by atoms with Crippen LogP contribution in [0.5, 0.6) is 0 Å². The molecule has 0 aromatic rings. The molecule has 1 saturated carbocycles. The van der Waals surface area contributed by atoms with Crippen LogP contribution in [0.1, 0.15) is 39.0 Å². The van der Waals surface area contributed by atoms with Crippen molar-refractivity contribution >= 4 is 17.8 Å². The lowest BCUT2D eigenvalue weighted by Crippen LogP contribution is -2.46. The molecular weight excluding hydrogens is 291 g/mol. The molecule has 2 atom stereocenters. The lowest BCUT2D eigenvalue weighted by molar-refractivity contribution is -0.142. The summed E-state index contributed by atoms with van der Waals surface area (Å²) in [6.45, 7) is 1.34. The zero-order chi connectivity index (χ0) is 16.3. The van der Waals surface area contributed by atoms with Crippen LogP contribution >= 0.6 is 0 Å². The number of nitrogens with one attached hydrogen (secondary N) is 1. The van der Waals surface area contributed by atoms with Crippen molar-refractivity contribution in [1.29, 1.82) is 0 Å². The van der Waals surface area contributed by atoms with Crippen molar-refractivity contribution in [3.63, 3.8) is 0 Å². The van der Waals surface area contributed by atoms with Crippen LogP contribution in [0, 0.1) is 11.8 Å². The van der Waals surface area contributed by atoms with Crippen LogP contribution < -0.4 is 5.32 Å². The van der Waals surface area contributed by atoms with E-state index in [0.29, 0.717) is 12.5 Å². The molecule has 2 N–H and O–H groups in total. The summed E-state index contributed by atoms with van der Waals surface area (Å²) in [6, 6.07) is -1.36. The van der Waals surface area contributed by atoms with Gasteiger partial charge >= 0.3 is 5.97 Å². The molecule has 1 saturated heterocycles. The minimum atomic E-state index is -1.54. The van der Waals surface area contributed by atoms with Gasteiger partial charge in [-0.25, -0.2) is 9.18 Å². The Balaban J connectivity index is 1.91. The minimum absolute atomic E-state index is 0.0631. The predicted molar refractivity (Wildman–Crippen MR) is 76.8 cm³/mol. The summed E-state index contributed by atoms with van der Waals surface area (Å²) in [5.74, 6) is -1.93. The van der Waals surface area contributed by atoms with Crippen LogP contribution in [0.25, 0.3) is 0 Å². The molecule has 0 aromatic heterocycles. The summed E-state index contributed by atoms with van der Waals surface area (Å²) in [6.07, 6.45) is 4.13. The standard InChI is InChI=1S/C15H23FN2O4/c1-9-2-4-11(5-3-9)18-8-10(6-13(18)19)14(20)17-12(7-16)15(21)22/h9-12H,2-8H2,1H3,(H,17,20)(H,21,22). The number of halogens is 1. The van der Waals surface area contributed by atoms with E-state index in [1.54, 1.807) is 4.90 Å². The Morgan fingerprint density at radius 1 is 1.36 bits per heavy atom. The molecule has 0 bridgehead atoms. The summed E-state index contributed by atoms with van der Waals surface area (Å²) in [5, 5.41) is 10.9. The maximum atomic E-state index is 12.6. The molecule has 7 heteroatoms. The van der Waals surface area contributed by atoms with Gasteiger partial charge in [0, 0.05) is 19.0 Å². The third-order valence-corrected chi connectivity index (χ3v) is 4.72. The number of rotatable bonds is 5. The van der Waals surface area contributed by atoms with Crippen molar-refractivity contribution < 1.29 is 23.9 Å². The number of amides is 2. The van der Waals surface area contributed by atoms with Gasteiger partial charge in [-0.15, -0.1) is 0 Å². The number of aliphatic carboxylic acids is 1. The van der Waals surface area contributed by atoms with E-state index < -0.39 is 30.5 Å². The van der Waals surface area contributed by atoms with Gasteiger partial charge in [0.1, 0.15) is 6.67 Å². The molecule has 2 aliphatic rings. The zero-order valence-corrected chi connectivity index (χ0v) is 12.8. The van der Waals surface area contributed by atoms with E-state index in [4.69, 9.17) is 5.11 Å². The molecule has 2 fully saturated rings. The highest BCUT2D eigenvalue weighted by Gasteiger charge is 2.39. The zero-order valence-electron chi connectivity index (χ0n) is 12.8. The first-order valence-corrected chi connectivity index (χ1v) is 7.81. The fraction of sp³-hybridized carbons (Fsp3) is 0.800. The summed E-state index contributed by atoms with van der Waals surface area (Å²) < 4.78 is 12.6. The molecule has 6 nitrogen and oxygen atoms in total. The van der Waals surface area contributed by atoms with Crippen molar-refractivity contribution in [3.8, 4) is 0 Å². The van der Waals surface area contributed by atoms with Crippen LogP contribution in [0.3, 0.4) is 0 Å². The molecule has 0 radical (unpaired) electrons. The van der Waals surface area contributed by atoms with Crippen molar-refractivity contribution in [1.82, 2.24) is 10.2 Å². The number of alkyl halides is 1. The topological polar surface area (TPSA) is 86.7 Å². The molecular formula is C15H23FN2O4. The van der Waals surface area contributed by atoms with Gasteiger partial charge < -0.3 is 15.3 Å². The monoisotopic (exact) mass is 314 g/mol. The second-order valence-electron chi connectivity index (χ2n) is 6.41. The van der Waals surface area contributed by atoms with Gasteiger partial charge in [-0.2, -0.15) is 0 Å². The summed E-state index contributed by atoms with van der Waals surface area (Å²) in [7, 11) is 0. The molecule has 22 heavy (non-hydrogen) atoms. The number of likely N-dealkylation sites (tertiary alicyclic amines) is 1. The molecule has 1 aliphatic carbocycles. The summed E-state index contributed by atoms with van der Waals surface area (Å²) in [5.41, 5.74) is 0. The molecule has 2 rings (SSSR count). The highest BCUT2D eigenvalue weighted by atomic mass is 19.1. The van der Waals surface area contributed by atoms with Gasteiger partial charge in [0.2, 0.25) is 11.8 Å². The predicted octanol–water partition coefficient (Wildman–Crippen LogP) is 0.952.